The molecule has 1 atom stereocenters. The highest BCUT2D eigenvalue weighted by Gasteiger charge is 2.53. The summed E-state index contributed by atoms with van der Waals surface area (Å²) in [6.45, 7) is -0.325. The summed E-state index contributed by atoms with van der Waals surface area (Å²) in [5.74, 6) is -0.748. The fourth-order valence-electron chi connectivity index (χ4n) is 5.06. The Labute approximate surface area is 199 Å². The fraction of sp³-hybridized carbons (Fsp3) is 0.250. The van der Waals surface area contributed by atoms with E-state index in [0.717, 1.165) is 46.4 Å². The second-order valence-electron chi connectivity index (χ2n) is 8.96. The molecule has 5 rings (SSSR count). The number of fused-ring (bicyclic) bond motifs is 2. The van der Waals surface area contributed by atoms with Gasteiger partial charge in [-0.15, -0.1) is 0 Å². The minimum absolute atomic E-state index is 0.325. The number of hydrogen-bond donors (Lipinski definition) is 2. The van der Waals surface area contributed by atoms with Crippen LogP contribution in [0.2, 0.25) is 0 Å². The lowest BCUT2D eigenvalue weighted by molar-refractivity contribution is -0.134. The van der Waals surface area contributed by atoms with Gasteiger partial charge in [0.2, 0.25) is 5.91 Å². The molecule has 0 saturated carbocycles. The van der Waals surface area contributed by atoms with Gasteiger partial charge in [0.25, 0.3) is 5.91 Å². The van der Waals surface area contributed by atoms with Gasteiger partial charge in [-0.2, -0.15) is 0 Å². The molecule has 3 aromatic rings. The van der Waals surface area contributed by atoms with E-state index in [-0.39, 0.29) is 12.5 Å². The molecule has 0 radical (unpaired) electrons. The average Bonchev–Trinajstić information content (AvgIpc) is 2.98. The Morgan fingerprint density at radius 2 is 1.65 bits per heavy atom. The van der Waals surface area contributed by atoms with E-state index in [0.29, 0.717) is 18.5 Å². The molecular weight excluding hydrogens is 426 g/mol. The lowest BCUT2D eigenvalue weighted by Crippen LogP contribution is -2.44. The first-order valence-corrected chi connectivity index (χ1v) is 11.7. The summed E-state index contributed by atoms with van der Waals surface area (Å²) in [4.78, 5) is 40.5. The van der Waals surface area contributed by atoms with Gasteiger partial charge in [-0.3, -0.25) is 14.5 Å². The van der Waals surface area contributed by atoms with Crippen LogP contribution in [0.1, 0.15) is 41.5 Å². The van der Waals surface area contributed by atoms with Gasteiger partial charge < -0.3 is 10.6 Å². The van der Waals surface area contributed by atoms with Gasteiger partial charge in [-0.05, 0) is 60.4 Å². The van der Waals surface area contributed by atoms with Crippen LogP contribution in [0.4, 0.5) is 10.5 Å². The molecule has 2 N–H and O–H groups in total. The Morgan fingerprint density at radius 1 is 0.912 bits per heavy atom. The zero-order chi connectivity index (χ0) is 23.5. The Bertz CT molecular complexity index is 1240. The molecule has 4 amide bonds. The van der Waals surface area contributed by atoms with E-state index in [1.807, 2.05) is 78.9 Å². The van der Waals surface area contributed by atoms with Crippen LogP contribution in [-0.2, 0) is 28.0 Å². The average molecular weight is 454 g/mol. The predicted octanol–water partition coefficient (Wildman–Crippen LogP) is 4.39. The molecule has 1 unspecified atom stereocenters. The number of urea groups is 1. The summed E-state index contributed by atoms with van der Waals surface area (Å²) in [6.07, 6.45) is 3.86. The summed E-state index contributed by atoms with van der Waals surface area (Å²) in [5.41, 5.74) is 3.62. The van der Waals surface area contributed by atoms with Gasteiger partial charge in [0.15, 0.2) is 0 Å². The van der Waals surface area contributed by atoms with E-state index < -0.39 is 17.5 Å². The smallest absolute Gasteiger partial charge is 0.324 e. The molecule has 6 heteroatoms. The third kappa shape index (κ3) is 4.07. The van der Waals surface area contributed by atoms with Crippen LogP contribution >= 0.6 is 0 Å². The van der Waals surface area contributed by atoms with Crippen molar-refractivity contribution >= 4 is 23.5 Å². The van der Waals surface area contributed by atoms with E-state index >= 15 is 0 Å². The van der Waals surface area contributed by atoms with Gasteiger partial charge in [-0.25, -0.2) is 4.79 Å². The summed E-state index contributed by atoms with van der Waals surface area (Å²) in [7, 11) is 0. The standard InChI is InChI=1S/C28H27N3O3/c32-25(29-24-16-7-5-14-22(24)18-20-10-2-1-3-11-20)19-31-26(33)28(30-27(31)34)17-9-8-13-21-12-4-6-15-23(21)28/h1-7,10-12,14-16H,8-9,13,17-19H2,(H,29,32)(H,30,34). The van der Waals surface area contributed by atoms with Crippen LogP contribution in [0.25, 0.3) is 0 Å². The first kappa shape index (κ1) is 21.9. The van der Waals surface area contributed by atoms with Crippen molar-refractivity contribution in [2.75, 3.05) is 11.9 Å². The Balaban J connectivity index is 1.34. The SMILES string of the molecule is O=C(CN1C(=O)NC2(CCCCc3ccccc32)C1=O)Nc1ccccc1Cc1ccccc1. The van der Waals surface area contributed by atoms with Crippen molar-refractivity contribution in [3.63, 3.8) is 0 Å². The van der Waals surface area contributed by atoms with Gasteiger partial charge in [0.1, 0.15) is 12.1 Å². The molecule has 172 valence electrons. The topological polar surface area (TPSA) is 78.5 Å². The number of anilines is 1. The lowest BCUT2D eigenvalue weighted by Gasteiger charge is -2.27. The first-order valence-electron chi connectivity index (χ1n) is 11.7. The number of rotatable bonds is 5. The highest BCUT2D eigenvalue weighted by Crippen LogP contribution is 2.39. The van der Waals surface area contributed by atoms with E-state index in [4.69, 9.17) is 0 Å². The van der Waals surface area contributed by atoms with Crippen LogP contribution in [0.15, 0.2) is 78.9 Å². The molecule has 1 spiro atoms. The van der Waals surface area contributed by atoms with Crippen molar-refractivity contribution in [1.29, 1.82) is 0 Å². The molecule has 1 heterocycles. The number of nitrogens with zero attached hydrogens (tertiary/aromatic N) is 1. The zero-order valence-corrected chi connectivity index (χ0v) is 18.9. The second-order valence-corrected chi connectivity index (χ2v) is 8.96. The number of benzene rings is 3. The largest absolute Gasteiger partial charge is 0.325 e. The van der Waals surface area contributed by atoms with Crippen molar-refractivity contribution in [2.45, 2.75) is 37.6 Å². The number of nitrogens with one attached hydrogen (secondary N) is 2. The number of imide groups is 1. The highest BCUT2D eigenvalue weighted by molar-refractivity contribution is 6.10. The maximum absolute atomic E-state index is 13.6. The van der Waals surface area contributed by atoms with Crippen molar-refractivity contribution in [3.8, 4) is 0 Å². The fourth-order valence-corrected chi connectivity index (χ4v) is 5.06. The molecule has 3 aromatic carbocycles. The number of hydrogen-bond acceptors (Lipinski definition) is 3. The van der Waals surface area contributed by atoms with Gasteiger partial charge in [0, 0.05) is 5.69 Å². The molecule has 34 heavy (non-hydrogen) atoms. The van der Waals surface area contributed by atoms with Crippen molar-refractivity contribution < 1.29 is 14.4 Å². The Kier molecular flexibility index (Phi) is 5.88. The van der Waals surface area contributed by atoms with Crippen LogP contribution in [0.3, 0.4) is 0 Å². The molecule has 0 aromatic heterocycles. The quantitative estimate of drug-likeness (QED) is 0.563. The van der Waals surface area contributed by atoms with Gasteiger partial charge >= 0.3 is 6.03 Å². The van der Waals surface area contributed by atoms with Gasteiger partial charge in [-0.1, -0.05) is 72.8 Å². The minimum Gasteiger partial charge on any atom is -0.324 e. The minimum atomic E-state index is -1.09. The number of carbonyl (C=O) groups is 3. The Hall–Kier alpha value is -3.93. The normalized spacial score (nSPS) is 19.5. The summed E-state index contributed by atoms with van der Waals surface area (Å²) in [6, 6.07) is 24.9. The number of para-hydroxylation sites is 1. The highest BCUT2D eigenvalue weighted by atomic mass is 16.2. The first-order chi connectivity index (χ1) is 16.6. The maximum Gasteiger partial charge on any atom is 0.325 e. The number of aryl methyl sites for hydroxylation is 1. The van der Waals surface area contributed by atoms with Crippen LogP contribution < -0.4 is 10.6 Å². The van der Waals surface area contributed by atoms with Gasteiger partial charge in [0.05, 0.1) is 0 Å². The predicted molar refractivity (Wildman–Crippen MR) is 130 cm³/mol. The third-order valence-electron chi connectivity index (χ3n) is 6.73. The molecular formula is C28H27N3O3. The molecule has 1 aliphatic heterocycles. The molecule has 2 aliphatic rings. The van der Waals surface area contributed by atoms with Crippen LogP contribution in [0.5, 0.6) is 0 Å². The maximum atomic E-state index is 13.6. The third-order valence-corrected chi connectivity index (χ3v) is 6.73. The van der Waals surface area contributed by atoms with Crippen LogP contribution in [0, 0.1) is 0 Å². The molecule has 0 bridgehead atoms. The summed E-state index contributed by atoms with van der Waals surface area (Å²) >= 11 is 0. The van der Waals surface area contributed by atoms with E-state index in [1.165, 1.54) is 0 Å². The summed E-state index contributed by atoms with van der Waals surface area (Å²) in [5, 5.41) is 5.84. The lowest BCUT2D eigenvalue weighted by atomic mass is 9.84. The zero-order valence-electron chi connectivity index (χ0n) is 18.9. The molecule has 6 nitrogen and oxygen atoms in total. The summed E-state index contributed by atoms with van der Waals surface area (Å²) < 4.78 is 0. The van der Waals surface area contributed by atoms with Crippen molar-refractivity contribution in [1.82, 2.24) is 10.2 Å². The second kappa shape index (κ2) is 9.14. The molecule has 1 fully saturated rings. The molecule has 1 saturated heterocycles. The Morgan fingerprint density at radius 3 is 2.50 bits per heavy atom. The number of carbonyl (C=O) groups excluding carboxylic acids is 3. The van der Waals surface area contributed by atoms with Crippen LogP contribution in [-0.4, -0.2) is 29.3 Å². The van der Waals surface area contributed by atoms with E-state index in [9.17, 15) is 14.4 Å². The molecule has 1 aliphatic carbocycles. The van der Waals surface area contributed by atoms with Crippen molar-refractivity contribution in [3.05, 3.63) is 101 Å². The monoisotopic (exact) mass is 453 g/mol. The van der Waals surface area contributed by atoms with E-state index in [1.54, 1.807) is 0 Å². The number of amides is 4. The van der Waals surface area contributed by atoms with Crippen molar-refractivity contribution in [2.24, 2.45) is 0 Å². The van der Waals surface area contributed by atoms with E-state index in [2.05, 4.69) is 10.6 Å².